The smallest absolute Gasteiger partial charge is 0.252 e. The third-order valence-corrected chi connectivity index (χ3v) is 5.22. The Labute approximate surface area is 166 Å². The fourth-order valence-corrected chi connectivity index (χ4v) is 3.80. The van der Waals surface area contributed by atoms with E-state index in [9.17, 15) is 4.79 Å². The Morgan fingerprint density at radius 3 is 2.71 bits per heavy atom. The number of carbonyl (C=O) groups excluding carboxylic acids is 1. The molecule has 1 N–H and O–H groups in total. The van der Waals surface area contributed by atoms with Crippen LogP contribution in [0.25, 0.3) is 22.2 Å². The summed E-state index contributed by atoms with van der Waals surface area (Å²) in [6.07, 6.45) is 3.44. The van der Waals surface area contributed by atoms with Crippen LogP contribution in [0.5, 0.6) is 0 Å². The van der Waals surface area contributed by atoms with Gasteiger partial charge in [0.1, 0.15) is 0 Å². The molecule has 1 aromatic carbocycles. The minimum atomic E-state index is -0.142. The number of hydrogen-bond donors (Lipinski definition) is 1. The molecule has 0 saturated carbocycles. The maximum Gasteiger partial charge on any atom is 0.252 e. The summed E-state index contributed by atoms with van der Waals surface area (Å²) in [7, 11) is 0. The Morgan fingerprint density at radius 2 is 1.93 bits per heavy atom. The summed E-state index contributed by atoms with van der Waals surface area (Å²) in [5, 5.41) is 8.01. The van der Waals surface area contributed by atoms with Gasteiger partial charge in [-0.25, -0.2) is 4.98 Å². The van der Waals surface area contributed by atoms with Gasteiger partial charge in [0.25, 0.3) is 5.91 Å². The van der Waals surface area contributed by atoms with Crippen molar-refractivity contribution in [3.05, 3.63) is 71.0 Å². The van der Waals surface area contributed by atoms with Gasteiger partial charge >= 0.3 is 0 Å². The highest BCUT2D eigenvalue weighted by Crippen LogP contribution is 2.25. The van der Waals surface area contributed by atoms with E-state index in [4.69, 9.17) is 4.98 Å². The molecule has 3 heterocycles. The van der Waals surface area contributed by atoms with Crippen molar-refractivity contribution in [1.29, 1.82) is 0 Å². The van der Waals surface area contributed by atoms with Gasteiger partial charge in [-0.1, -0.05) is 36.5 Å². The Balaban J connectivity index is 1.68. The summed E-state index contributed by atoms with van der Waals surface area (Å²) in [6.45, 7) is 4.55. The SMILES string of the molecule is CC(C)c1nnsc1CNC(=O)c1cc(-c2ccncc2)nc2ccccc12. The molecule has 28 heavy (non-hydrogen) atoms. The van der Waals surface area contributed by atoms with Crippen LogP contribution in [-0.4, -0.2) is 25.5 Å². The zero-order valence-electron chi connectivity index (χ0n) is 15.6. The van der Waals surface area contributed by atoms with Crippen LogP contribution in [0.1, 0.15) is 40.7 Å². The molecule has 4 rings (SSSR count). The molecule has 0 unspecified atom stereocenters. The molecule has 140 valence electrons. The summed E-state index contributed by atoms with van der Waals surface area (Å²) in [5.41, 5.74) is 3.98. The predicted octanol–water partition coefficient (Wildman–Crippen LogP) is 4.20. The summed E-state index contributed by atoms with van der Waals surface area (Å²) < 4.78 is 4.02. The van der Waals surface area contributed by atoms with E-state index in [0.29, 0.717) is 12.1 Å². The van der Waals surface area contributed by atoms with Crippen molar-refractivity contribution in [2.75, 3.05) is 0 Å². The minimum absolute atomic E-state index is 0.142. The van der Waals surface area contributed by atoms with Gasteiger partial charge < -0.3 is 5.32 Å². The van der Waals surface area contributed by atoms with Crippen molar-refractivity contribution in [3.8, 4) is 11.3 Å². The third kappa shape index (κ3) is 3.61. The number of rotatable bonds is 5. The summed E-state index contributed by atoms with van der Waals surface area (Å²) in [6, 6.07) is 13.3. The first-order valence-corrected chi connectivity index (χ1v) is 9.80. The molecule has 3 aromatic heterocycles. The van der Waals surface area contributed by atoms with Gasteiger partial charge in [0.2, 0.25) is 0 Å². The largest absolute Gasteiger partial charge is 0.347 e. The van der Waals surface area contributed by atoms with Gasteiger partial charge in [-0.15, -0.1) is 5.10 Å². The average molecular weight is 389 g/mol. The number of amides is 1. The average Bonchev–Trinajstić information content (AvgIpc) is 3.21. The van der Waals surface area contributed by atoms with Crippen LogP contribution in [-0.2, 0) is 6.54 Å². The highest BCUT2D eigenvalue weighted by molar-refractivity contribution is 7.05. The fraction of sp³-hybridized carbons (Fsp3) is 0.190. The number of hydrogen-bond acceptors (Lipinski definition) is 6. The van der Waals surface area contributed by atoms with Crippen LogP contribution in [0, 0.1) is 0 Å². The van der Waals surface area contributed by atoms with Crippen molar-refractivity contribution in [2.45, 2.75) is 26.3 Å². The normalized spacial score (nSPS) is 11.1. The fourth-order valence-electron chi connectivity index (χ4n) is 3.07. The van der Waals surface area contributed by atoms with E-state index in [2.05, 4.69) is 33.7 Å². The Bertz CT molecular complexity index is 1120. The molecule has 0 radical (unpaired) electrons. The lowest BCUT2D eigenvalue weighted by molar-refractivity contribution is 0.0953. The lowest BCUT2D eigenvalue weighted by Gasteiger charge is -2.11. The lowest BCUT2D eigenvalue weighted by Crippen LogP contribution is -2.23. The molecule has 4 aromatic rings. The topological polar surface area (TPSA) is 80.7 Å². The summed E-state index contributed by atoms with van der Waals surface area (Å²) in [4.78, 5) is 22.8. The molecule has 6 nitrogen and oxygen atoms in total. The van der Waals surface area contributed by atoms with E-state index < -0.39 is 0 Å². The maximum absolute atomic E-state index is 13.0. The zero-order chi connectivity index (χ0) is 19.5. The van der Waals surface area contributed by atoms with Gasteiger partial charge in [-0.2, -0.15) is 0 Å². The number of carbonyl (C=O) groups is 1. The number of benzene rings is 1. The molecule has 0 bridgehead atoms. The highest BCUT2D eigenvalue weighted by Gasteiger charge is 2.16. The molecule has 0 aliphatic heterocycles. The predicted molar refractivity (Wildman–Crippen MR) is 110 cm³/mol. The molecular weight excluding hydrogens is 370 g/mol. The standard InChI is InChI=1S/C21H19N5OS/c1-13(2)20-19(28-26-25-20)12-23-21(27)16-11-18(14-7-9-22-10-8-14)24-17-6-4-3-5-15(16)17/h3-11,13H,12H2,1-2H3,(H,23,27). The van der Waals surface area contributed by atoms with Crippen molar-refractivity contribution >= 4 is 28.3 Å². The maximum atomic E-state index is 13.0. The van der Waals surface area contributed by atoms with E-state index in [1.165, 1.54) is 11.5 Å². The second-order valence-electron chi connectivity index (χ2n) is 6.73. The van der Waals surface area contributed by atoms with Gasteiger partial charge in [0.05, 0.1) is 33.9 Å². The first kappa shape index (κ1) is 18.2. The van der Waals surface area contributed by atoms with Gasteiger partial charge in [0, 0.05) is 23.3 Å². The van der Waals surface area contributed by atoms with Crippen LogP contribution in [0.4, 0.5) is 0 Å². The van der Waals surface area contributed by atoms with Crippen LogP contribution >= 0.6 is 11.5 Å². The minimum Gasteiger partial charge on any atom is -0.347 e. The first-order valence-electron chi connectivity index (χ1n) is 9.03. The van der Waals surface area contributed by atoms with Crippen LogP contribution < -0.4 is 5.32 Å². The Hall–Kier alpha value is -3.19. The highest BCUT2D eigenvalue weighted by atomic mass is 32.1. The quantitative estimate of drug-likeness (QED) is 0.553. The van der Waals surface area contributed by atoms with Gasteiger partial charge in [-0.3, -0.25) is 9.78 Å². The second kappa shape index (κ2) is 7.82. The molecule has 7 heteroatoms. The number of fused-ring (bicyclic) bond motifs is 1. The molecule has 0 aliphatic carbocycles. The van der Waals surface area contributed by atoms with Crippen LogP contribution in [0.2, 0.25) is 0 Å². The Kier molecular flexibility index (Phi) is 5.08. The second-order valence-corrected chi connectivity index (χ2v) is 7.57. The molecule has 0 fully saturated rings. The van der Waals surface area contributed by atoms with E-state index in [1.807, 2.05) is 42.5 Å². The molecule has 0 saturated heterocycles. The van der Waals surface area contributed by atoms with Gasteiger partial charge in [-0.05, 0) is 41.7 Å². The van der Waals surface area contributed by atoms with E-state index in [1.54, 1.807) is 12.4 Å². The van der Waals surface area contributed by atoms with Crippen LogP contribution in [0.15, 0.2) is 54.9 Å². The summed E-state index contributed by atoms with van der Waals surface area (Å²) >= 11 is 1.32. The number of para-hydroxylation sites is 1. The molecule has 0 aliphatic rings. The van der Waals surface area contributed by atoms with Crippen LogP contribution in [0.3, 0.4) is 0 Å². The van der Waals surface area contributed by atoms with Crippen molar-refractivity contribution in [1.82, 2.24) is 24.9 Å². The van der Waals surface area contributed by atoms with E-state index in [0.717, 1.165) is 32.7 Å². The van der Waals surface area contributed by atoms with Crippen molar-refractivity contribution in [2.24, 2.45) is 0 Å². The number of pyridine rings is 2. The number of nitrogens with one attached hydrogen (secondary N) is 1. The molecule has 1 amide bonds. The van der Waals surface area contributed by atoms with Gasteiger partial charge in [0.15, 0.2) is 0 Å². The van der Waals surface area contributed by atoms with E-state index >= 15 is 0 Å². The first-order chi connectivity index (χ1) is 13.6. The molecular formula is C21H19N5OS. The number of aromatic nitrogens is 4. The van der Waals surface area contributed by atoms with Crippen molar-refractivity contribution in [3.63, 3.8) is 0 Å². The van der Waals surface area contributed by atoms with Crippen molar-refractivity contribution < 1.29 is 4.79 Å². The number of nitrogens with zero attached hydrogens (tertiary/aromatic N) is 4. The molecule has 0 spiro atoms. The monoisotopic (exact) mass is 389 g/mol. The lowest BCUT2D eigenvalue weighted by atomic mass is 10.0. The zero-order valence-corrected chi connectivity index (χ0v) is 16.4. The summed E-state index contributed by atoms with van der Waals surface area (Å²) in [5.74, 6) is 0.128. The van der Waals surface area contributed by atoms with E-state index in [-0.39, 0.29) is 11.8 Å². The third-order valence-electron chi connectivity index (χ3n) is 4.48. The Morgan fingerprint density at radius 1 is 1.14 bits per heavy atom. The molecule has 0 atom stereocenters.